The zero-order valence-electron chi connectivity index (χ0n) is 19.2. The highest BCUT2D eigenvalue weighted by Gasteiger charge is 2.45. The number of amides is 1. The number of hydrogen-bond acceptors (Lipinski definition) is 7. The fourth-order valence-corrected chi connectivity index (χ4v) is 4.08. The topological polar surface area (TPSA) is 104 Å². The van der Waals surface area contributed by atoms with Gasteiger partial charge in [0.05, 0.1) is 12.3 Å². The number of ether oxygens (including phenoxy) is 2. The van der Waals surface area contributed by atoms with Crippen molar-refractivity contribution in [2.24, 2.45) is 10.1 Å². The molecule has 1 amide bonds. The lowest BCUT2D eigenvalue weighted by atomic mass is 9.98. The maximum Gasteiger partial charge on any atom is 0.333 e. The summed E-state index contributed by atoms with van der Waals surface area (Å²) in [7, 11) is 1.82. The Kier molecular flexibility index (Phi) is 7.84. The van der Waals surface area contributed by atoms with E-state index in [0.717, 1.165) is 24.1 Å². The van der Waals surface area contributed by atoms with Gasteiger partial charge in [0.2, 0.25) is 0 Å². The summed E-state index contributed by atoms with van der Waals surface area (Å²) in [6.07, 6.45) is 1.24. The molecule has 9 heteroatoms. The van der Waals surface area contributed by atoms with E-state index in [2.05, 4.69) is 12.0 Å². The first-order valence-corrected chi connectivity index (χ1v) is 11.1. The number of carbonyl (C=O) groups is 2. The van der Waals surface area contributed by atoms with E-state index in [1.54, 1.807) is 29.0 Å². The number of fused-ring (bicyclic) bond motifs is 1. The quantitative estimate of drug-likeness (QED) is 0.561. The number of carboxylic acid groups (broad SMARTS) is 1. The molecule has 3 atom stereocenters. The Morgan fingerprint density at radius 2 is 1.97 bits per heavy atom. The third-order valence-electron chi connectivity index (χ3n) is 5.64. The van der Waals surface area contributed by atoms with Crippen molar-refractivity contribution in [2.75, 3.05) is 26.8 Å². The van der Waals surface area contributed by atoms with E-state index in [1.807, 2.05) is 26.1 Å². The third-order valence-corrected chi connectivity index (χ3v) is 5.64. The smallest absolute Gasteiger partial charge is 0.333 e. The molecule has 2 aliphatic rings. The predicted octanol–water partition coefficient (Wildman–Crippen LogP) is 2.20. The molecule has 0 aliphatic carbocycles. The maximum absolute atomic E-state index is 13.1. The van der Waals surface area contributed by atoms with Gasteiger partial charge in [-0.15, -0.1) is 0 Å². The fourth-order valence-electron chi connectivity index (χ4n) is 4.08. The molecule has 0 saturated carbocycles. The third kappa shape index (κ3) is 5.27. The highest BCUT2D eigenvalue weighted by Crippen LogP contribution is 2.26. The number of nitrogens with zero attached hydrogens (tertiary/aromatic N) is 4. The van der Waals surface area contributed by atoms with E-state index in [-0.39, 0.29) is 18.0 Å². The minimum Gasteiger partial charge on any atom is -0.492 e. The monoisotopic (exact) mass is 444 g/mol. The number of carbonyl (C=O) groups excluding carboxylic acids is 1. The normalized spacial score (nSPS) is 21.2. The standard InChI is InChI=1S/C23H32N4O5/c1-5-7-18-20-21(26(4)25-18)22(28)27(15(3)24-20)12-13-32-17-10-8-16(9-11-17)14-19(23(29)30)31-6-2/h8-11,19-21H,5-7,12-14H2,1-4H3,(H,29,30). The highest BCUT2D eigenvalue weighted by atomic mass is 16.5. The van der Waals surface area contributed by atoms with Crippen molar-refractivity contribution < 1.29 is 24.2 Å². The Balaban J connectivity index is 1.55. The second-order valence-electron chi connectivity index (χ2n) is 7.95. The van der Waals surface area contributed by atoms with E-state index in [1.165, 1.54) is 0 Å². The summed E-state index contributed by atoms with van der Waals surface area (Å²) in [5, 5.41) is 15.5. The molecule has 0 saturated heterocycles. The lowest BCUT2D eigenvalue weighted by molar-refractivity contribution is -0.150. The van der Waals surface area contributed by atoms with E-state index < -0.39 is 12.1 Å². The average molecular weight is 445 g/mol. The largest absolute Gasteiger partial charge is 0.492 e. The first-order chi connectivity index (χ1) is 15.3. The second kappa shape index (κ2) is 10.6. The van der Waals surface area contributed by atoms with Crippen LogP contribution in [0.4, 0.5) is 0 Å². The molecular formula is C23H32N4O5. The molecule has 0 radical (unpaired) electrons. The molecule has 9 nitrogen and oxygen atoms in total. The molecule has 1 aromatic rings. The number of rotatable bonds is 11. The Bertz CT molecular complexity index is 883. The van der Waals surface area contributed by atoms with Crippen molar-refractivity contribution in [3.8, 4) is 5.75 Å². The number of benzene rings is 1. The SMILES string of the molecule is CCCC1=NN(C)C2C(=O)N(CCOc3ccc(CC(OCC)C(=O)O)cc3)C(C)=NC12. The van der Waals surface area contributed by atoms with E-state index in [4.69, 9.17) is 14.5 Å². The van der Waals surface area contributed by atoms with Gasteiger partial charge in [0.1, 0.15) is 24.2 Å². The van der Waals surface area contributed by atoms with Crippen molar-refractivity contribution in [1.82, 2.24) is 9.91 Å². The fraction of sp³-hybridized carbons (Fsp3) is 0.565. The molecule has 3 rings (SSSR count). The first kappa shape index (κ1) is 23.7. The number of carboxylic acids is 1. The number of amidine groups is 1. The number of aliphatic carboxylic acids is 1. The Morgan fingerprint density at radius 3 is 2.59 bits per heavy atom. The second-order valence-corrected chi connectivity index (χ2v) is 7.95. The van der Waals surface area contributed by atoms with Crippen LogP contribution in [0.1, 0.15) is 39.2 Å². The predicted molar refractivity (Wildman–Crippen MR) is 121 cm³/mol. The average Bonchev–Trinajstić information content (AvgIpc) is 3.06. The van der Waals surface area contributed by atoms with Gasteiger partial charge in [0, 0.05) is 20.1 Å². The lowest BCUT2D eigenvalue weighted by Gasteiger charge is -2.34. The van der Waals surface area contributed by atoms with Crippen LogP contribution in [0, 0.1) is 0 Å². The number of hydrogen-bond donors (Lipinski definition) is 1. The van der Waals surface area contributed by atoms with Crippen molar-refractivity contribution in [3.05, 3.63) is 29.8 Å². The minimum atomic E-state index is -0.974. The zero-order valence-corrected chi connectivity index (χ0v) is 19.2. The van der Waals surface area contributed by atoms with Gasteiger partial charge < -0.3 is 14.6 Å². The van der Waals surface area contributed by atoms with Crippen LogP contribution < -0.4 is 4.74 Å². The van der Waals surface area contributed by atoms with Gasteiger partial charge in [-0.2, -0.15) is 5.10 Å². The molecule has 0 aromatic heterocycles. The van der Waals surface area contributed by atoms with Gasteiger partial charge in [-0.05, 0) is 38.0 Å². The van der Waals surface area contributed by atoms with E-state index in [0.29, 0.717) is 37.8 Å². The van der Waals surface area contributed by atoms with Crippen molar-refractivity contribution in [3.63, 3.8) is 0 Å². The minimum absolute atomic E-state index is 0.00515. The van der Waals surface area contributed by atoms with Crippen molar-refractivity contribution >= 4 is 23.4 Å². The van der Waals surface area contributed by atoms with Gasteiger partial charge >= 0.3 is 5.97 Å². The Labute approximate surface area is 188 Å². The molecule has 1 N–H and O–H groups in total. The van der Waals surface area contributed by atoms with Gasteiger partial charge in [-0.3, -0.25) is 19.7 Å². The molecule has 0 bridgehead atoms. The number of likely N-dealkylation sites (N-methyl/N-ethyl adjacent to an activating group) is 1. The molecule has 0 fully saturated rings. The summed E-state index contributed by atoms with van der Waals surface area (Å²) < 4.78 is 11.1. The van der Waals surface area contributed by atoms with Gasteiger partial charge in [0.15, 0.2) is 12.1 Å². The molecule has 174 valence electrons. The van der Waals surface area contributed by atoms with Crippen LogP contribution in [0.3, 0.4) is 0 Å². The van der Waals surface area contributed by atoms with Gasteiger partial charge in [0.25, 0.3) is 5.91 Å². The van der Waals surface area contributed by atoms with Crippen LogP contribution in [0.25, 0.3) is 0 Å². The molecule has 32 heavy (non-hydrogen) atoms. The Morgan fingerprint density at radius 1 is 1.25 bits per heavy atom. The van der Waals surface area contributed by atoms with E-state index >= 15 is 0 Å². The molecule has 0 spiro atoms. The summed E-state index contributed by atoms with van der Waals surface area (Å²) in [5.74, 6) is 0.359. The van der Waals surface area contributed by atoms with E-state index in [9.17, 15) is 14.7 Å². The summed E-state index contributed by atoms with van der Waals surface area (Å²) in [5.41, 5.74) is 1.82. The number of hydrazone groups is 1. The van der Waals surface area contributed by atoms with Crippen molar-refractivity contribution in [2.45, 2.75) is 58.2 Å². The molecule has 2 aliphatic heterocycles. The highest BCUT2D eigenvalue weighted by molar-refractivity contribution is 6.08. The van der Waals surface area contributed by atoms with Crippen LogP contribution in [0.15, 0.2) is 34.4 Å². The van der Waals surface area contributed by atoms with Gasteiger partial charge in [-0.1, -0.05) is 25.5 Å². The maximum atomic E-state index is 13.1. The van der Waals surface area contributed by atoms with Crippen molar-refractivity contribution in [1.29, 1.82) is 0 Å². The molecular weight excluding hydrogens is 412 g/mol. The summed E-state index contributed by atoms with van der Waals surface area (Å²) in [4.78, 5) is 30.8. The molecule has 3 unspecified atom stereocenters. The first-order valence-electron chi connectivity index (χ1n) is 11.1. The molecule has 1 aromatic carbocycles. The molecule has 2 heterocycles. The van der Waals surface area contributed by atoms with Crippen LogP contribution in [-0.2, 0) is 20.7 Å². The van der Waals surface area contributed by atoms with Crippen LogP contribution in [-0.4, -0.2) is 83.4 Å². The summed E-state index contributed by atoms with van der Waals surface area (Å²) in [6, 6.07) is 6.67. The zero-order chi connectivity index (χ0) is 23.3. The van der Waals surface area contributed by atoms with Crippen LogP contribution in [0.5, 0.6) is 5.75 Å². The van der Waals surface area contributed by atoms with Crippen LogP contribution >= 0.6 is 0 Å². The van der Waals surface area contributed by atoms with Gasteiger partial charge in [-0.25, -0.2) is 4.79 Å². The summed E-state index contributed by atoms with van der Waals surface area (Å²) >= 11 is 0. The summed E-state index contributed by atoms with van der Waals surface area (Å²) in [6.45, 7) is 6.77. The Hall–Kier alpha value is -2.94. The lowest BCUT2D eigenvalue weighted by Crippen LogP contribution is -2.56. The number of aliphatic imine (C=N–C) groups is 1. The van der Waals surface area contributed by atoms with Crippen LogP contribution in [0.2, 0.25) is 0 Å².